The first-order chi connectivity index (χ1) is 17.1. The number of nitrogens with zero attached hydrogens (tertiary/aromatic N) is 1. The Hall–Kier alpha value is -2.27. The van der Waals surface area contributed by atoms with Crippen molar-refractivity contribution in [3.63, 3.8) is 0 Å². The molecule has 7 rings (SSSR count). The van der Waals surface area contributed by atoms with Gasteiger partial charge in [0.2, 0.25) is 0 Å². The summed E-state index contributed by atoms with van der Waals surface area (Å²) in [6, 6.07) is 30.5. The average molecular weight is 484 g/mol. The molecule has 2 N–H and O–H groups in total. The number of anilines is 3. The van der Waals surface area contributed by atoms with Crippen LogP contribution in [0.4, 0.5) is 17.1 Å². The maximum atomic E-state index is 4.17. The van der Waals surface area contributed by atoms with Crippen molar-refractivity contribution in [3.8, 4) is 0 Å². The highest BCUT2D eigenvalue weighted by Crippen LogP contribution is 2.68. The molecule has 4 heterocycles. The number of hydrogen-bond acceptors (Lipinski definition) is 3. The molecule has 4 aliphatic heterocycles. The molecule has 1 spiro atoms. The monoisotopic (exact) mass is 483 g/mol. The van der Waals surface area contributed by atoms with Gasteiger partial charge in [-0.05, 0) is 86.7 Å². The SMILES string of the molecule is CS1(C)C2CCCNC2C2(c3ccccc3N(c3ccccc3)c3ccccc32)C2NCCCC21. The minimum absolute atomic E-state index is 0.0723. The third-order valence-corrected chi connectivity index (χ3v) is 13.7. The summed E-state index contributed by atoms with van der Waals surface area (Å²) in [5.41, 5.74) is 6.88. The van der Waals surface area contributed by atoms with Gasteiger partial charge in [-0.25, -0.2) is 10.0 Å². The first-order valence-corrected chi connectivity index (χ1v) is 15.9. The first-order valence-electron chi connectivity index (χ1n) is 13.4. The molecule has 182 valence electrons. The Morgan fingerprint density at radius 1 is 0.686 bits per heavy atom. The van der Waals surface area contributed by atoms with Crippen molar-refractivity contribution in [1.82, 2.24) is 10.6 Å². The number of hydrogen-bond donors (Lipinski definition) is 2. The van der Waals surface area contributed by atoms with Gasteiger partial charge in [0.15, 0.2) is 0 Å². The molecule has 0 saturated carbocycles. The highest BCUT2D eigenvalue weighted by Gasteiger charge is 2.64. The largest absolute Gasteiger partial charge is 0.312 e. The Balaban J connectivity index is 1.56. The van der Waals surface area contributed by atoms with E-state index in [0.29, 0.717) is 12.1 Å². The van der Waals surface area contributed by atoms with E-state index in [9.17, 15) is 0 Å². The summed E-state index contributed by atoms with van der Waals surface area (Å²) in [5, 5.41) is 9.81. The molecule has 3 nitrogen and oxygen atoms in total. The van der Waals surface area contributed by atoms with Gasteiger partial charge in [-0.15, -0.1) is 0 Å². The fraction of sp³-hybridized carbons (Fsp3) is 0.419. The summed E-state index contributed by atoms with van der Waals surface area (Å²) in [6.07, 6.45) is 10.6. The number of rotatable bonds is 1. The van der Waals surface area contributed by atoms with E-state index < -0.39 is 10.0 Å². The van der Waals surface area contributed by atoms with Crippen LogP contribution in [0.5, 0.6) is 0 Å². The van der Waals surface area contributed by atoms with Crippen molar-refractivity contribution in [1.29, 1.82) is 0 Å². The van der Waals surface area contributed by atoms with E-state index in [4.69, 9.17) is 0 Å². The van der Waals surface area contributed by atoms with E-state index in [0.717, 1.165) is 23.6 Å². The van der Waals surface area contributed by atoms with Crippen LogP contribution in [0, 0.1) is 0 Å². The molecule has 0 aromatic heterocycles. The van der Waals surface area contributed by atoms with Gasteiger partial charge in [-0.2, -0.15) is 0 Å². The Kier molecular flexibility index (Phi) is 5.10. The van der Waals surface area contributed by atoms with Gasteiger partial charge in [0, 0.05) is 28.3 Å². The van der Waals surface area contributed by atoms with Crippen molar-refractivity contribution < 1.29 is 0 Å². The van der Waals surface area contributed by atoms with Crippen LogP contribution in [0.15, 0.2) is 78.9 Å². The summed E-state index contributed by atoms with van der Waals surface area (Å²) in [6.45, 7) is 2.26. The molecule has 4 heteroatoms. The van der Waals surface area contributed by atoms with Crippen molar-refractivity contribution in [3.05, 3.63) is 90.0 Å². The van der Waals surface area contributed by atoms with E-state index in [1.807, 2.05) is 0 Å². The minimum atomic E-state index is -0.769. The fourth-order valence-electron chi connectivity index (χ4n) is 8.19. The zero-order valence-corrected chi connectivity index (χ0v) is 21.7. The first kappa shape index (κ1) is 22.0. The molecular weight excluding hydrogens is 446 g/mol. The van der Waals surface area contributed by atoms with Crippen LogP contribution in [0.2, 0.25) is 0 Å². The molecule has 35 heavy (non-hydrogen) atoms. The zero-order valence-electron chi connectivity index (χ0n) is 20.9. The van der Waals surface area contributed by atoms with Crippen LogP contribution >= 0.6 is 10.0 Å². The Bertz CT molecular complexity index is 1160. The van der Waals surface area contributed by atoms with Crippen LogP contribution < -0.4 is 15.5 Å². The van der Waals surface area contributed by atoms with Crippen LogP contribution in [-0.2, 0) is 5.41 Å². The Labute approximate surface area is 211 Å². The van der Waals surface area contributed by atoms with Crippen LogP contribution in [0.25, 0.3) is 0 Å². The molecule has 3 saturated heterocycles. The lowest BCUT2D eigenvalue weighted by molar-refractivity contribution is 0.189. The van der Waals surface area contributed by atoms with Gasteiger partial charge >= 0.3 is 0 Å². The van der Waals surface area contributed by atoms with Gasteiger partial charge in [-0.1, -0.05) is 54.6 Å². The Morgan fingerprint density at radius 2 is 1.17 bits per heavy atom. The van der Waals surface area contributed by atoms with Crippen LogP contribution in [0.3, 0.4) is 0 Å². The van der Waals surface area contributed by atoms with Crippen molar-refractivity contribution in [2.24, 2.45) is 0 Å². The van der Waals surface area contributed by atoms with E-state index in [1.54, 1.807) is 0 Å². The lowest BCUT2D eigenvalue weighted by Crippen LogP contribution is -2.75. The quantitative estimate of drug-likeness (QED) is 0.440. The standard InChI is InChI=1S/C31H37N3S/c1-35(2)27-18-10-20-32-29(27)31(30-28(35)19-11-21-33-30)23-14-6-8-16-25(23)34(22-12-4-3-5-13-22)26-17-9-7-15-24(26)31/h3-9,12-17,27-30,32-33H,10-11,18-21H2,1-2H3. The van der Waals surface area contributed by atoms with Crippen molar-refractivity contribution in [2.75, 3.05) is 30.5 Å². The summed E-state index contributed by atoms with van der Waals surface area (Å²) in [4.78, 5) is 2.51. The van der Waals surface area contributed by atoms with E-state index in [2.05, 4.69) is 107 Å². The van der Waals surface area contributed by atoms with Gasteiger partial charge in [0.1, 0.15) is 0 Å². The molecule has 4 aliphatic rings. The molecule has 3 aromatic carbocycles. The molecule has 3 fully saturated rings. The highest BCUT2D eigenvalue weighted by atomic mass is 32.3. The average Bonchev–Trinajstić information content (AvgIpc) is 2.92. The van der Waals surface area contributed by atoms with E-state index in [-0.39, 0.29) is 5.41 Å². The Morgan fingerprint density at radius 3 is 1.71 bits per heavy atom. The summed E-state index contributed by atoms with van der Waals surface area (Å²) in [7, 11) is -0.769. The topological polar surface area (TPSA) is 27.3 Å². The summed E-state index contributed by atoms with van der Waals surface area (Å²) in [5.74, 6) is 0. The number of para-hydroxylation sites is 3. The summed E-state index contributed by atoms with van der Waals surface area (Å²) < 4.78 is 0. The third-order valence-electron chi connectivity index (χ3n) is 9.54. The summed E-state index contributed by atoms with van der Waals surface area (Å²) >= 11 is 0. The zero-order chi connectivity index (χ0) is 23.6. The van der Waals surface area contributed by atoms with Crippen molar-refractivity contribution >= 4 is 27.1 Å². The predicted octanol–water partition coefficient (Wildman–Crippen LogP) is 6.07. The van der Waals surface area contributed by atoms with Crippen molar-refractivity contribution in [2.45, 2.75) is 53.7 Å². The number of fused-ring (bicyclic) bond motifs is 8. The molecule has 4 unspecified atom stereocenters. The second-order valence-corrected chi connectivity index (χ2v) is 15.5. The molecule has 0 aliphatic carbocycles. The highest BCUT2D eigenvalue weighted by molar-refractivity contribution is 8.33. The normalized spacial score (nSPS) is 31.0. The molecule has 0 radical (unpaired) electrons. The maximum absolute atomic E-state index is 4.17. The minimum Gasteiger partial charge on any atom is -0.312 e. The van der Waals surface area contributed by atoms with Gasteiger partial charge in [-0.3, -0.25) is 0 Å². The molecule has 3 aromatic rings. The molecule has 0 amide bonds. The number of benzene rings is 3. The van der Waals surface area contributed by atoms with E-state index in [1.165, 1.54) is 53.9 Å². The van der Waals surface area contributed by atoms with E-state index >= 15 is 0 Å². The lowest BCUT2D eigenvalue weighted by Gasteiger charge is -2.69. The van der Waals surface area contributed by atoms with Gasteiger partial charge in [0.05, 0.1) is 16.8 Å². The van der Waals surface area contributed by atoms with Crippen LogP contribution in [0.1, 0.15) is 36.8 Å². The second kappa shape index (κ2) is 8.12. The fourth-order valence-corrected chi connectivity index (χ4v) is 12.2. The molecular formula is C31H37N3S. The maximum Gasteiger partial charge on any atom is 0.0570 e. The van der Waals surface area contributed by atoms with Gasteiger partial charge in [0.25, 0.3) is 0 Å². The number of piperidine rings is 2. The number of nitrogens with one attached hydrogen (secondary N) is 2. The second-order valence-electron chi connectivity index (χ2n) is 11.3. The lowest BCUT2D eigenvalue weighted by atomic mass is 9.58. The van der Waals surface area contributed by atoms with Crippen LogP contribution in [-0.4, -0.2) is 48.2 Å². The molecule has 4 atom stereocenters. The van der Waals surface area contributed by atoms with Gasteiger partial charge < -0.3 is 15.5 Å². The predicted molar refractivity (Wildman–Crippen MR) is 151 cm³/mol. The third kappa shape index (κ3) is 2.94. The smallest absolute Gasteiger partial charge is 0.0570 e. The molecule has 0 bridgehead atoms.